The molecule has 2 heterocycles. The van der Waals surface area contributed by atoms with Crippen molar-refractivity contribution in [1.29, 1.82) is 0 Å². The summed E-state index contributed by atoms with van der Waals surface area (Å²) in [6.45, 7) is 1.80. The van der Waals surface area contributed by atoms with Crippen molar-refractivity contribution in [2.24, 2.45) is 0 Å². The molecule has 0 bridgehead atoms. The number of thioether (sulfide) groups is 1. The lowest BCUT2D eigenvalue weighted by molar-refractivity contribution is 0.355. The van der Waals surface area contributed by atoms with Crippen LogP contribution in [0.15, 0.2) is 38.5 Å². The molecule has 0 atom stereocenters. The maximum atomic E-state index is 5.66. The average Bonchev–Trinajstić information content (AvgIpc) is 3.21. The Bertz CT molecular complexity index is 800. The molecular formula is C15H15N3O4S. The number of rotatable bonds is 6. The summed E-state index contributed by atoms with van der Waals surface area (Å²) in [5, 5.41) is 8.55. The lowest BCUT2D eigenvalue weighted by atomic mass is 10.2. The van der Waals surface area contributed by atoms with E-state index in [1.165, 1.54) is 11.8 Å². The van der Waals surface area contributed by atoms with E-state index in [4.69, 9.17) is 18.3 Å². The molecule has 120 valence electrons. The Balaban J connectivity index is 1.73. The number of nitrogens with zero attached hydrogens (tertiary/aromatic N) is 3. The Hall–Kier alpha value is -2.48. The van der Waals surface area contributed by atoms with Crippen molar-refractivity contribution < 1.29 is 18.3 Å². The molecule has 8 heteroatoms. The minimum atomic E-state index is 0.421. The molecule has 3 rings (SSSR count). The van der Waals surface area contributed by atoms with E-state index in [9.17, 15) is 0 Å². The number of ether oxygens (including phenoxy) is 2. The van der Waals surface area contributed by atoms with E-state index < -0.39 is 0 Å². The fourth-order valence-corrected chi connectivity index (χ4v) is 2.60. The topological polar surface area (TPSA) is 83.4 Å². The van der Waals surface area contributed by atoms with Crippen molar-refractivity contribution in [3.05, 3.63) is 36.0 Å². The summed E-state index contributed by atoms with van der Waals surface area (Å²) in [5.41, 5.74) is 1.60. The number of oxazole rings is 1. The third kappa shape index (κ3) is 3.48. The summed E-state index contributed by atoms with van der Waals surface area (Å²) in [7, 11) is 3.17. The van der Waals surface area contributed by atoms with Gasteiger partial charge in [0.05, 0.1) is 19.9 Å². The zero-order valence-corrected chi connectivity index (χ0v) is 13.7. The Morgan fingerprint density at radius 3 is 2.65 bits per heavy atom. The third-order valence-electron chi connectivity index (χ3n) is 3.05. The number of hydrogen-bond donors (Lipinski definition) is 0. The maximum Gasteiger partial charge on any atom is 0.277 e. The molecule has 0 aliphatic heterocycles. The minimum absolute atomic E-state index is 0.421. The molecule has 0 aliphatic carbocycles. The number of benzene rings is 1. The molecular weight excluding hydrogens is 318 g/mol. The fourth-order valence-electron chi connectivity index (χ4n) is 1.96. The van der Waals surface area contributed by atoms with Crippen LogP contribution in [0.25, 0.3) is 11.5 Å². The number of aryl methyl sites for hydroxylation is 1. The van der Waals surface area contributed by atoms with Crippen molar-refractivity contribution in [2.75, 3.05) is 14.2 Å². The van der Waals surface area contributed by atoms with Crippen LogP contribution >= 0.6 is 11.8 Å². The summed E-state index contributed by atoms with van der Waals surface area (Å²) in [5.74, 6) is 2.91. The van der Waals surface area contributed by atoms with Crippen molar-refractivity contribution >= 4 is 11.8 Å². The first-order valence-electron chi connectivity index (χ1n) is 6.79. The van der Waals surface area contributed by atoms with Gasteiger partial charge < -0.3 is 18.3 Å². The first-order chi connectivity index (χ1) is 11.2. The predicted octanol–water partition coefficient (Wildman–Crippen LogP) is 3.34. The van der Waals surface area contributed by atoms with Gasteiger partial charge in [-0.2, -0.15) is 0 Å². The summed E-state index contributed by atoms with van der Waals surface area (Å²) in [4.78, 5) is 4.22. The zero-order chi connectivity index (χ0) is 16.2. The first kappa shape index (κ1) is 15.4. The maximum absolute atomic E-state index is 5.66. The van der Waals surface area contributed by atoms with Crippen LogP contribution in [-0.2, 0) is 5.75 Å². The van der Waals surface area contributed by atoms with Crippen LogP contribution in [0.3, 0.4) is 0 Å². The monoisotopic (exact) mass is 333 g/mol. The molecule has 0 radical (unpaired) electrons. The van der Waals surface area contributed by atoms with Gasteiger partial charge in [-0.1, -0.05) is 11.8 Å². The van der Waals surface area contributed by atoms with Crippen LogP contribution in [-0.4, -0.2) is 29.4 Å². The molecule has 0 spiro atoms. The second kappa shape index (κ2) is 6.74. The minimum Gasteiger partial charge on any atom is -0.493 e. The van der Waals surface area contributed by atoms with Gasteiger partial charge in [0, 0.05) is 18.2 Å². The van der Waals surface area contributed by atoms with Crippen LogP contribution in [0, 0.1) is 6.92 Å². The number of methoxy groups -OCH3 is 2. The summed E-state index contributed by atoms with van der Waals surface area (Å²) in [6.07, 6.45) is 1.62. The quantitative estimate of drug-likeness (QED) is 0.635. The molecule has 1 aromatic carbocycles. The Labute approximate surface area is 137 Å². The Morgan fingerprint density at radius 2 is 1.96 bits per heavy atom. The molecule has 0 saturated heterocycles. The number of aromatic nitrogens is 3. The van der Waals surface area contributed by atoms with Crippen LogP contribution in [0.5, 0.6) is 11.5 Å². The highest BCUT2D eigenvalue weighted by atomic mass is 32.2. The van der Waals surface area contributed by atoms with Gasteiger partial charge in [-0.3, -0.25) is 0 Å². The van der Waals surface area contributed by atoms with E-state index in [-0.39, 0.29) is 0 Å². The van der Waals surface area contributed by atoms with E-state index in [0.717, 1.165) is 11.3 Å². The van der Waals surface area contributed by atoms with Crippen molar-refractivity contribution in [2.45, 2.75) is 17.9 Å². The van der Waals surface area contributed by atoms with Gasteiger partial charge in [0.1, 0.15) is 6.26 Å². The highest BCUT2D eigenvalue weighted by molar-refractivity contribution is 7.98. The van der Waals surface area contributed by atoms with Crippen molar-refractivity contribution in [1.82, 2.24) is 15.2 Å². The van der Waals surface area contributed by atoms with Gasteiger partial charge in [0.15, 0.2) is 17.4 Å². The molecule has 0 N–H and O–H groups in total. The highest BCUT2D eigenvalue weighted by Gasteiger charge is 2.13. The fraction of sp³-hybridized carbons (Fsp3) is 0.267. The van der Waals surface area contributed by atoms with Crippen LogP contribution < -0.4 is 9.47 Å². The third-order valence-corrected chi connectivity index (χ3v) is 3.90. The molecule has 0 aliphatic rings. The standard InChI is InChI=1S/C15H15N3O4S/c1-9-16-11(7-21-9)8-23-15-18-17-14(22-15)10-4-5-12(19-2)13(6-10)20-3/h4-7H,8H2,1-3H3. The second-order valence-electron chi connectivity index (χ2n) is 4.59. The van der Waals surface area contributed by atoms with Gasteiger partial charge in [-0.05, 0) is 18.2 Å². The van der Waals surface area contributed by atoms with E-state index in [1.807, 2.05) is 6.07 Å². The largest absolute Gasteiger partial charge is 0.493 e. The summed E-state index contributed by atoms with van der Waals surface area (Å²) >= 11 is 1.40. The summed E-state index contributed by atoms with van der Waals surface area (Å²) in [6, 6.07) is 5.43. The molecule has 23 heavy (non-hydrogen) atoms. The van der Waals surface area contributed by atoms with E-state index in [1.54, 1.807) is 39.5 Å². The van der Waals surface area contributed by atoms with E-state index >= 15 is 0 Å². The van der Waals surface area contributed by atoms with Gasteiger partial charge in [-0.15, -0.1) is 10.2 Å². The summed E-state index contributed by atoms with van der Waals surface area (Å²) < 4.78 is 21.3. The lowest BCUT2D eigenvalue weighted by Crippen LogP contribution is -1.90. The molecule has 2 aromatic heterocycles. The lowest BCUT2D eigenvalue weighted by Gasteiger charge is -2.07. The molecule has 0 amide bonds. The first-order valence-corrected chi connectivity index (χ1v) is 7.78. The molecule has 0 saturated carbocycles. The van der Waals surface area contributed by atoms with Crippen LogP contribution in [0.4, 0.5) is 0 Å². The predicted molar refractivity (Wildman–Crippen MR) is 83.6 cm³/mol. The zero-order valence-electron chi connectivity index (χ0n) is 12.9. The molecule has 0 fully saturated rings. The van der Waals surface area contributed by atoms with Gasteiger partial charge in [0.2, 0.25) is 5.89 Å². The highest BCUT2D eigenvalue weighted by Crippen LogP contribution is 2.32. The molecule has 0 unspecified atom stereocenters. The smallest absolute Gasteiger partial charge is 0.277 e. The van der Waals surface area contributed by atoms with Crippen LogP contribution in [0.1, 0.15) is 11.6 Å². The Morgan fingerprint density at radius 1 is 1.13 bits per heavy atom. The van der Waals surface area contributed by atoms with Gasteiger partial charge in [-0.25, -0.2) is 4.98 Å². The average molecular weight is 333 g/mol. The molecule has 3 aromatic rings. The Kier molecular flexibility index (Phi) is 4.52. The van der Waals surface area contributed by atoms with Crippen molar-refractivity contribution in [3.8, 4) is 23.0 Å². The van der Waals surface area contributed by atoms with Gasteiger partial charge >= 0.3 is 0 Å². The SMILES string of the molecule is COc1ccc(-c2nnc(SCc3coc(C)n3)o2)cc1OC. The van der Waals surface area contributed by atoms with Crippen molar-refractivity contribution in [3.63, 3.8) is 0 Å². The molecule has 7 nitrogen and oxygen atoms in total. The van der Waals surface area contributed by atoms with E-state index in [0.29, 0.717) is 34.3 Å². The van der Waals surface area contributed by atoms with Crippen LogP contribution in [0.2, 0.25) is 0 Å². The number of hydrogen-bond acceptors (Lipinski definition) is 8. The van der Waals surface area contributed by atoms with Gasteiger partial charge in [0.25, 0.3) is 5.22 Å². The second-order valence-corrected chi connectivity index (χ2v) is 5.52. The normalized spacial score (nSPS) is 10.7. The van der Waals surface area contributed by atoms with E-state index in [2.05, 4.69) is 15.2 Å².